The number of amides is 1. The number of fused-ring (bicyclic) bond motifs is 5. The molecule has 5 rings (SSSR count). The van der Waals surface area contributed by atoms with Crippen molar-refractivity contribution in [2.75, 3.05) is 18.1 Å². The SMILES string of the molecule is CCOC1(OCC)N=C(N)[C@]2(C#N)[C@]3(C(=O)N(Cc4ccccc4)c4ccccc43)[C@@]12C#N. The molecule has 3 aliphatic rings. The Morgan fingerprint density at radius 3 is 2.24 bits per heavy atom. The lowest BCUT2D eigenvalue weighted by Gasteiger charge is -2.33. The third kappa shape index (κ3) is 2.02. The first-order valence-electron chi connectivity index (χ1n) is 10.9. The smallest absolute Gasteiger partial charge is 0.294 e. The zero-order chi connectivity index (χ0) is 23.5. The van der Waals surface area contributed by atoms with Crippen LogP contribution < -0.4 is 10.6 Å². The molecule has 1 saturated carbocycles. The van der Waals surface area contributed by atoms with Crippen LogP contribution in [0.15, 0.2) is 59.6 Å². The summed E-state index contributed by atoms with van der Waals surface area (Å²) in [5.41, 5.74) is 3.43. The first-order valence-corrected chi connectivity index (χ1v) is 10.9. The van der Waals surface area contributed by atoms with Crippen LogP contribution in [-0.2, 0) is 26.2 Å². The lowest BCUT2D eigenvalue weighted by molar-refractivity contribution is -0.257. The fraction of sp³-hybridized carbons (Fsp3) is 0.360. The Balaban J connectivity index is 1.78. The van der Waals surface area contributed by atoms with Crippen molar-refractivity contribution in [1.82, 2.24) is 0 Å². The van der Waals surface area contributed by atoms with Gasteiger partial charge in [-0.15, -0.1) is 0 Å². The number of amidine groups is 1. The number of rotatable bonds is 6. The molecule has 1 spiro atoms. The molecule has 1 amide bonds. The second kappa shape index (κ2) is 6.89. The van der Waals surface area contributed by atoms with E-state index in [9.17, 15) is 15.3 Å². The second-order valence-electron chi connectivity index (χ2n) is 8.31. The minimum absolute atomic E-state index is 0.113. The molecule has 0 unspecified atom stereocenters. The van der Waals surface area contributed by atoms with Crippen molar-refractivity contribution >= 4 is 17.4 Å². The van der Waals surface area contributed by atoms with E-state index in [-0.39, 0.29) is 31.5 Å². The Morgan fingerprint density at radius 1 is 1.00 bits per heavy atom. The van der Waals surface area contributed by atoms with Crippen molar-refractivity contribution < 1.29 is 14.3 Å². The van der Waals surface area contributed by atoms with Crippen LogP contribution in [0.1, 0.15) is 25.0 Å². The Morgan fingerprint density at radius 2 is 1.64 bits per heavy atom. The van der Waals surface area contributed by atoms with E-state index in [1.807, 2.05) is 42.5 Å². The largest absolute Gasteiger partial charge is 0.386 e. The van der Waals surface area contributed by atoms with Gasteiger partial charge in [0.2, 0.25) is 5.91 Å². The van der Waals surface area contributed by atoms with Crippen molar-refractivity contribution in [3.05, 3.63) is 65.7 Å². The van der Waals surface area contributed by atoms with E-state index >= 15 is 0 Å². The van der Waals surface area contributed by atoms with Gasteiger partial charge in [-0.1, -0.05) is 48.5 Å². The van der Waals surface area contributed by atoms with E-state index in [0.29, 0.717) is 11.3 Å². The van der Waals surface area contributed by atoms with Gasteiger partial charge in [0.15, 0.2) is 10.8 Å². The number of benzene rings is 2. The quantitative estimate of drug-likeness (QED) is 0.687. The molecule has 2 aromatic carbocycles. The molecule has 1 aliphatic carbocycles. The number of hydrogen-bond acceptors (Lipinski definition) is 7. The summed E-state index contributed by atoms with van der Waals surface area (Å²) < 4.78 is 11.9. The molecule has 0 bridgehead atoms. The number of carbonyl (C=O) groups is 1. The molecule has 2 heterocycles. The van der Waals surface area contributed by atoms with E-state index in [1.54, 1.807) is 30.9 Å². The average molecular weight is 441 g/mol. The molecule has 33 heavy (non-hydrogen) atoms. The predicted octanol–water partition coefficient (Wildman–Crippen LogP) is 2.60. The van der Waals surface area contributed by atoms with Gasteiger partial charge in [0.25, 0.3) is 5.91 Å². The molecule has 8 heteroatoms. The highest BCUT2D eigenvalue weighted by atomic mass is 16.7. The van der Waals surface area contributed by atoms with E-state index in [0.717, 1.165) is 5.56 Å². The fourth-order valence-electron chi connectivity index (χ4n) is 6.03. The third-order valence-electron chi connectivity index (χ3n) is 7.11. The number of nitrogens with zero attached hydrogens (tertiary/aromatic N) is 4. The molecular formula is C25H23N5O3. The standard InChI is InChI=1S/C25H23N5O3/c1-3-32-25(33-4-2)23(16-27)22(15-26,20(28)29-25)24(23)18-12-8-9-13-19(18)30(21(24)31)14-17-10-6-5-7-11-17/h5-13H,3-4,14H2,1-2H3,(H2,28,29)/t22-,23-,24-/m0/s1. The minimum atomic E-state index is -1.86. The first-order chi connectivity index (χ1) is 16.0. The molecule has 2 aromatic rings. The Hall–Kier alpha value is -3.72. The van der Waals surface area contributed by atoms with Crippen LogP contribution in [0.4, 0.5) is 5.69 Å². The van der Waals surface area contributed by atoms with Gasteiger partial charge in [0.1, 0.15) is 11.3 Å². The highest BCUT2D eigenvalue weighted by Gasteiger charge is 3.05. The number of nitrogens with two attached hydrogens (primary N) is 1. The number of aliphatic imine (C=N–C) groups is 1. The summed E-state index contributed by atoms with van der Waals surface area (Å²) in [5, 5.41) is 21.2. The lowest BCUT2D eigenvalue weighted by Crippen LogP contribution is -2.49. The van der Waals surface area contributed by atoms with Crippen LogP contribution in [0, 0.1) is 33.5 Å². The molecule has 8 nitrogen and oxygen atoms in total. The van der Waals surface area contributed by atoms with Gasteiger partial charge in [0.05, 0.1) is 18.7 Å². The summed E-state index contributed by atoms with van der Waals surface area (Å²) in [5.74, 6) is -2.35. The van der Waals surface area contributed by atoms with Gasteiger partial charge < -0.3 is 20.1 Å². The summed E-state index contributed by atoms with van der Waals surface area (Å²) in [4.78, 5) is 20.3. The van der Waals surface area contributed by atoms with Crippen molar-refractivity contribution in [3.63, 3.8) is 0 Å². The van der Waals surface area contributed by atoms with E-state index < -0.39 is 22.2 Å². The summed E-state index contributed by atoms with van der Waals surface area (Å²) in [6.45, 7) is 4.08. The number of ether oxygens (including phenoxy) is 2. The molecule has 3 atom stereocenters. The highest BCUT2D eigenvalue weighted by Crippen LogP contribution is 2.87. The molecule has 2 N–H and O–H groups in total. The molecule has 0 aromatic heterocycles. The fourth-order valence-corrected chi connectivity index (χ4v) is 6.03. The zero-order valence-corrected chi connectivity index (χ0v) is 18.4. The van der Waals surface area contributed by atoms with Crippen molar-refractivity contribution in [1.29, 1.82) is 10.5 Å². The maximum Gasteiger partial charge on any atom is 0.294 e. The number of nitriles is 2. The van der Waals surface area contributed by atoms with Crippen LogP contribution in [0.5, 0.6) is 0 Å². The van der Waals surface area contributed by atoms with Gasteiger partial charge in [-0.25, -0.2) is 4.99 Å². The van der Waals surface area contributed by atoms with E-state index in [1.165, 1.54) is 0 Å². The maximum atomic E-state index is 14.3. The van der Waals surface area contributed by atoms with Gasteiger partial charge >= 0.3 is 0 Å². The number of anilines is 1. The van der Waals surface area contributed by atoms with E-state index in [2.05, 4.69) is 17.1 Å². The van der Waals surface area contributed by atoms with E-state index in [4.69, 9.17) is 15.2 Å². The Labute approximate surface area is 191 Å². The lowest BCUT2D eigenvalue weighted by atomic mass is 9.84. The van der Waals surface area contributed by atoms with Gasteiger partial charge in [-0.3, -0.25) is 4.79 Å². The van der Waals surface area contributed by atoms with Gasteiger partial charge in [-0.05, 0) is 31.0 Å². The van der Waals surface area contributed by atoms with Crippen LogP contribution in [0.3, 0.4) is 0 Å². The third-order valence-corrected chi connectivity index (χ3v) is 7.11. The van der Waals surface area contributed by atoms with Crippen LogP contribution in [0.25, 0.3) is 0 Å². The van der Waals surface area contributed by atoms with Gasteiger partial charge in [0, 0.05) is 18.9 Å². The number of carbonyl (C=O) groups excluding carboxylic acids is 1. The van der Waals surface area contributed by atoms with Crippen LogP contribution in [-0.4, -0.2) is 30.9 Å². The highest BCUT2D eigenvalue weighted by molar-refractivity contribution is 6.21. The van der Waals surface area contributed by atoms with Crippen molar-refractivity contribution in [3.8, 4) is 12.1 Å². The maximum absolute atomic E-state index is 14.3. The average Bonchev–Trinajstić information content (AvgIpc) is 3.24. The van der Waals surface area contributed by atoms with Crippen LogP contribution in [0.2, 0.25) is 0 Å². The summed E-state index contributed by atoms with van der Waals surface area (Å²) >= 11 is 0. The number of hydrogen-bond donors (Lipinski definition) is 1. The summed E-state index contributed by atoms with van der Waals surface area (Å²) in [7, 11) is 0. The molecule has 1 fully saturated rings. The topological polar surface area (TPSA) is 125 Å². The van der Waals surface area contributed by atoms with Gasteiger partial charge in [-0.2, -0.15) is 10.5 Å². The van der Waals surface area contributed by atoms with Crippen molar-refractivity contribution in [2.24, 2.45) is 21.6 Å². The number of para-hydroxylation sites is 1. The van der Waals surface area contributed by atoms with Crippen molar-refractivity contribution in [2.45, 2.75) is 31.7 Å². The molecule has 2 aliphatic heterocycles. The Bertz CT molecular complexity index is 1260. The first kappa shape index (κ1) is 21.1. The summed E-state index contributed by atoms with van der Waals surface area (Å²) in [6.07, 6.45) is 0. The monoisotopic (exact) mass is 441 g/mol. The van der Waals surface area contributed by atoms with Crippen LogP contribution >= 0.6 is 0 Å². The molecule has 166 valence electrons. The summed E-state index contributed by atoms with van der Waals surface area (Å²) in [6, 6.07) is 21.3. The molecule has 0 radical (unpaired) electrons. The Kier molecular flexibility index (Phi) is 4.41. The zero-order valence-electron chi connectivity index (χ0n) is 18.4. The normalized spacial score (nSPS) is 30.4. The molecule has 0 saturated heterocycles. The minimum Gasteiger partial charge on any atom is -0.386 e. The molecular weight excluding hydrogens is 418 g/mol. The second-order valence-corrected chi connectivity index (χ2v) is 8.31. The predicted molar refractivity (Wildman–Crippen MR) is 119 cm³/mol.